The lowest BCUT2D eigenvalue weighted by molar-refractivity contribution is -0.136. The van der Waals surface area contributed by atoms with Crippen LogP contribution in [0.3, 0.4) is 0 Å². The molecule has 2 aromatic heterocycles. The summed E-state index contributed by atoms with van der Waals surface area (Å²) in [4.78, 5) is 29.7. The molecule has 3 fully saturated rings. The molecule has 10 heteroatoms. The van der Waals surface area contributed by atoms with Crippen LogP contribution in [0.4, 0.5) is 11.8 Å². The average Bonchev–Trinajstić information content (AvgIpc) is 2.93. The molecule has 200 valence electrons. The molecule has 38 heavy (non-hydrogen) atoms. The van der Waals surface area contributed by atoms with Gasteiger partial charge in [-0.25, -0.2) is 9.97 Å². The summed E-state index contributed by atoms with van der Waals surface area (Å²) in [6.07, 6.45) is 8.18. The van der Waals surface area contributed by atoms with E-state index in [0.717, 1.165) is 88.1 Å². The molecule has 1 N–H and O–H groups in total. The number of carbonyl (C=O) groups is 1. The SMILES string of the molecule is O=C(COc1cnc(N[C@H]2CC[C@@H](Oc3nc(N4CCOCC4)cc4ccccc34)CC2)nc1)N1CCC1. The Morgan fingerprint density at radius 1 is 1.03 bits per heavy atom. The molecule has 1 aliphatic carbocycles. The van der Waals surface area contributed by atoms with Crippen LogP contribution in [-0.2, 0) is 9.53 Å². The van der Waals surface area contributed by atoms with Crippen molar-refractivity contribution in [3.05, 3.63) is 42.7 Å². The van der Waals surface area contributed by atoms with Crippen LogP contribution >= 0.6 is 0 Å². The maximum atomic E-state index is 12.0. The predicted molar refractivity (Wildman–Crippen MR) is 144 cm³/mol. The van der Waals surface area contributed by atoms with E-state index in [1.807, 2.05) is 6.07 Å². The maximum absolute atomic E-state index is 12.0. The van der Waals surface area contributed by atoms with Crippen molar-refractivity contribution in [1.82, 2.24) is 19.9 Å². The fourth-order valence-corrected chi connectivity index (χ4v) is 5.13. The fourth-order valence-electron chi connectivity index (χ4n) is 5.13. The quantitative estimate of drug-likeness (QED) is 0.481. The Kier molecular flexibility index (Phi) is 7.39. The number of carbonyl (C=O) groups excluding carboxylic acids is 1. The summed E-state index contributed by atoms with van der Waals surface area (Å²) in [6, 6.07) is 10.7. The van der Waals surface area contributed by atoms with Gasteiger partial charge in [-0.3, -0.25) is 4.79 Å². The predicted octanol–water partition coefficient (Wildman–Crippen LogP) is 3.27. The lowest BCUT2D eigenvalue weighted by Crippen LogP contribution is -2.44. The summed E-state index contributed by atoms with van der Waals surface area (Å²) in [7, 11) is 0. The van der Waals surface area contributed by atoms with E-state index in [0.29, 0.717) is 17.6 Å². The third kappa shape index (κ3) is 5.75. The minimum absolute atomic E-state index is 0.00782. The van der Waals surface area contributed by atoms with Gasteiger partial charge in [0, 0.05) is 37.6 Å². The number of anilines is 2. The minimum atomic E-state index is 0.00782. The Bertz CT molecular complexity index is 1240. The second-order valence-corrected chi connectivity index (χ2v) is 10.1. The van der Waals surface area contributed by atoms with Crippen LogP contribution in [0.2, 0.25) is 0 Å². The molecule has 2 aliphatic heterocycles. The van der Waals surface area contributed by atoms with Crippen molar-refractivity contribution in [2.75, 3.05) is 56.2 Å². The van der Waals surface area contributed by atoms with E-state index in [4.69, 9.17) is 19.2 Å². The highest BCUT2D eigenvalue weighted by atomic mass is 16.5. The first kappa shape index (κ1) is 24.7. The van der Waals surface area contributed by atoms with Crippen molar-refractivity contribution in [2.24, 2.45) is 0 Å². The monoisotopic (exact) mass is 518 g/mol. The van der Waals surface area contributed by atoms with Crippen molar-refractivity contribution >= 4 is 28.4 Å². The molecule has 10 nitrogen and oxygen atoms in total. The van der Waals surface area contributed by atoms with Crippen LogP contribution < -0.4 is 19.7 Å². The van der Waals surface area contributed by atoms with E-state index in [9.17, 15) is 4.79 Å². The van der Waals surface area contributed by atoms with Crippen molar-refractivity contribution in [1.29, 1.82) is 0 Å². The van der Waals surface area contributed by atoms with E-state index in [2.05, 4.69) is 44.5 Å². The zero-order valence-corrected chi connectivity index (χ0v) is 21.6. The Labute approximate surface area is 222 Å². The molecular weight excluding hydrogens is 484 g/mol. The van der Waals surface area contributed by atoms with E-state index >= 15 is 0 Å². The molecule has 6 rings (SSSR count). The lowest BCUT2D eigenvalue weighted by Gasteiger charge is -2.31. The van der Waals surface area contributed by atoms with Gasteiger partial charge in [0.05, 0.1) is 25.6 Å². The third-order valence-electron chi connectivity index (χ3n) is 7.51. The highest BCUT2D eigenvalue weighted by Crippen LogP contribution is 2.32. The molecule has 0 bridgehead atoms. The van der Waals surface area contributed by atoms with Crippen LogP contribution in [0.5, 0.6) is 11.6 Å². The molecular formula is C28H34N6O4. The number of aromatic nitrogens is 3. The molecule has 1 saturated carbocycles. The van der Waals surface area contributed by atoms with Gasteiger partial charge in [0.15, 0.2) is 12.4 Å². The number of amides is 1. The number of morpholine rings is 1. The number of hydrogen-bond acceptors (Lipinski definition) is 9. The van der Waals surface area contributed by atoms with Crippen LogP contribution in [0.1, 0.15) is 32.1 Å². The van der Waals surface area contributed by atoms with Gasteiger partial charge in [0.2, 0.25) is 11.8 Å². The van der Waals surface area contributed by atoms with Crippen molar-refractivity contribution in [3.8, 4) is 11.6 Å². The summed E-state index contributed by atoms with van der Waals surface area (Å²) in [6.45, 7) is 4.80. The molecule has 3 aliphatic rings. The van der Waals surface area contributed by atoms with Crippen LogP contribution in [0, 0.1) is 0 Å². The zero-order valence-electron chi connectivity index (χ0n) is 21.6. The van der Waals surface area contributed by atoms with Gasteiger partial charge in [-0.15, -0.1) is 0 Å². The molecule has 1 amide bonds. The van der Waals surface area contributed by atoms with Crippen molar-refractivity contribution < 1.29 is 19.0 Å². The summed E-state index contributed by atoms with van der Waals surface area (Å²) in [5, 5.41) is 5.62. The molecule has 0 atom stereocenters. The fraction of sp³-hybridized carbons (Fsp3) is 0.500. The summed E-state index contributed by atoms with van der Waals surface area (Å²) < 4.78 is 17.6. The number of ether oxygens (including phenoxy) is 3. The second kappa shape index (κ2) is 11.4. The van der Waals surface area contributed by atoms with Gasteiger partial charge in [0.25, 0.3) is 5.91 Å². The summed E-state index contributed by atoms with van der Waals surface area (Å²) >= 11 is 0. The van der Waals surface area contributed by atoms with Gasteiger partial charge < -0.3 is 29.3 Å². The van der Waals surface area contributed by atoms with Crippen LogP contribution in [-0.4, -0.2) is 83.9 Å². The van der Waals surface area contributed by atoms with E-state index in [1.54, 1.807) is 17.3 Å². The number of fused-ring (bicyclic) bond motifs is 1. The second-order valence-electron chi connectivity index (χ2n) is 10.1. The maximum Gasteiger partial charge on any atom is 0.260 e. The molecule has 0 unspecified atom stereocenters. The largest absolute Gasteiger partial charge is 0.481 e. The lowest BCUT2D eigenvalue weighted by atomic mass is 9.93. The highest BCUT2D eigenvalue weighted by molar-refractivity contribution is 5.89. The number of rotatable bonds is 8. The number of benzene rings is 1. The van der Waals surface area contributed by atoms with Gasteiger partial charge >= 0.3 is 0 Å². The van der Waals surface area contributed by atoms with Gasteiger partial charge in [-0.2, -0.15) is 4.98 Å². The molecule has 4 heterocycles. The standard InChI is InChI=1S/C28H34N6O4/c35-26(34-10-3-11-34)19-37-23-17-29-28(30-18-23)31-21-6-8-22(9-7-21)38-27-24-5-2-1-4-20(24)16-25(32-27)33-12-14-36-15-13-33/h1-2,4-5,16-18,21-22H,3,6-15,19H2,(H,29,30,31)/t21-,22+. The first-order valence-electron chi connectivity index (χ1n) is 13.6. The number of likely N-dealkylation sites (tertiary alicyclic amines) is 1. The Morgan fingerprint density at radius 2 is 1.79 bits per heavy atom. The molecule has 2 saturated heterocycles. The minimum Gasteiger partial charge on any atom is -0.481 e. The van der Waals surface area contributed by atoms with E-state index in [1.165, 1.54) is 0 Å². The Balaban J connectivity index is 1.02. The van der Waals surface area contributed by atoms with Crippen molar-refractivity contribution in [2.45, 2.75) is 44.2 Å². The Hall–Kier alpha value is -3.66. The number of nitrogens with zero attached hydrogens (tertiary/aromatic N) is 5. The number of hydrogen-bond donors (Lipinski definition) is 1. The van der Waals surface area contributed by atoms with E-state index < -0.39 is 0 Å². The number of pyridine rings is 1. The topological polar surface area (TPSA) is 102 Å². The summed E-state index contributed by atoms with van der Waals surface area (Å²) in [5.41, 5.74) is 0. The molecule has 0 radical (unpaired) electrons. The molecule has 3 aromatic rings. The first-order valence-corrected chi connectivity index (χ1v) is 13.6. The Morgan fingerprint density at radius 3 is 2.53 bits per heavy atom. The smallest absolute Gasteiger partial charge is 0.260 e. The normalized spacial score (nSPS) is 21.6. The summed E-state index contributed by atoms with van der Waals surface area (Å²) in [5.74, 6) is 2.75. The van der Waals surface area contributed by atoms with Gasteiger partial charge in [0.1, 0.15) is 11.9 Å². The van der Waals surface area contributed by atoms with E-state index in [-0.39, 0.29) is 24.7 Å². The van der Waals surface area contributed by atoms with Crippen LogP contribution in [0.15, 0.2) is 42.7 Å². The number of nitrogens with one attached hydrogen (secondary N) is 1. The van der Waals surface area contributed by atoms with Crippen molar-refractivity contribution in [3.63, 3.8) is 0 Å². The average molecular weight is 519 g/mol. The van der Waals surface area contributed by atoms with Crippen LogP contribution in [0.25, 0.3) is 10.8 Å². The highest BCUT2D eigenvalue weighted by Gasteiger charge is 2.25. The van der Waals surface area contributed by atoms with Gasteiger partial charge in [-0.1, -0.05) is 18.2 Å². The third-order valence-corrected chi connectivity index (χ3v) is 7.51. The molecule has 0 spiro atoms. The van der Waals surface area contributed by atoms with Gasteiger partial charge in [-0.05, 0) is 49.6 Å². The zero-order chi connectivity index (χ0) is 25.7. The molecule has 1 aromatic carbocycles. The first-order chi connectivity index (χ1) is 18.7.